The highest BCUT2D eigenvalue weighted by Crippen LogP contribution is 2.41. The molecule has 2 rings (SSSR count). The van der Waals surface area contributed by atoms with Crippen LogP contribution in [0.25, 0.3) is 0 Å². The van der Waals surface area contributed by atoms with E-state index in [1.54, 1.807) is 30.3 Å². The number of halogens is 1. The van der Waals surface area contributed by atoms with Crippen molar-refractivity contribution in [2.24, 2.45) is 0 Å². The molecular weight excluding hydrogens is 263 g/mol. The van der Waals surface area contributed by atoms with Gasteiger partial charge in [-0.25, -0.2) is 14.0 Å². The summed E-state index contributed by atoms with van der Waals surface area (Å²) in [5.74, 6) is -3.90. The Morgan fingerprint density at radius 1 is 1.15 bits per heavy atom. The molecule has 0 bridgehead atoms. The Bertz CT molecular complexity index is 604. The van der Waals surface area contributed by atoms with Crippen molar-refractivity contribution < 1.29 is 24.2 Å². The SMILES string of the molecule is C=C1CC(C(=O)O)=C(C(=O)O)[C@@H](c2ccccc2)[C@@H]1F. The van der Waals surface area contributed by atoms with Gasteiger partial charge in [0.05, 0.1) is 17.1 Å². The van der Waals surface area contributed by atoms with Gasteiger partial charge in [-0.2, -0.15) is 0 Å². The Labute approximate surface area is 114 Å². The monoisotopic (exact) mass is 276 g/mol. The van der Waals surface area contributed by atoms with Crippen molar-refractivity contribution in [1.82, 2.24) is 0 Å². The lowest BCUT2D eigenvalue weighted by molar-refractivity contribution is -0.136. The zero-order chi connectivity index (χ0) is 14.9. The Morgan fingerprint density at radius 2 is 1.75 bits per heavy atom. The minimum absolute atomic E-state index is 0.0845. The quantitative estimate of drug-likeness (QED) is 0.832. The summed E-state index contributed by atoms with van der Waals surface area (Å²) in [6.07, 6.45) is -1.87. The maximum absolute atomic E-state index is 14.4. The number of benzene rings is 1. The largest absolute Gasteiger partial charge is 0.478 e. The number of rotatable bonds is 3. The molecule has 104 valence electrons. The summed E-state index contributed by atoms with van der Waals surface area (Å²) >= 11 is 0. The van der Waals surface area contributed by atoms with Crippen molar-refractivity contribution in [3.63, 3.8) is 0 Å². The van der Waals surface area contributed by atoms with Crippen LogP contribution >= 0.6 is 0 Å². The molecular formula is C15H13FO4. The Kier molecular flexibility index (Phi) is 3.70. The number of carbonyl (C=O) groups is 2. The van der Waals surface area contributed by atoms with Crippen LogP contribution in [-0.4, -0.2) is 28.3 Å². The first-order valence-electron chi connectivity index (χ1n) is 5.99. The summed E-state index contributed by atoms with van der Waals surface area (Å²) in [4.78, 5) is 22.6. The summed E-state index contributed by atoms with van der Waals surface area (Å²) in [5.41, 5.74) is -0.188. The lowest BCUT2D eigenvalue weighted by Crippen LogP contribution is -2.30. The third-order valence-corrected chi connectivity index (χ3v) is 3.37. The van der Waals surface area contributed by atoms with E-state index in [-0.39, 0.29) is 17.6 Å². The zero-order valence-corrected chi connectivity index (χ0v) is 10.5. The van der Waals surface area contributed by atoms with Crippen molar-refractivity contribution in [2.75, 3.05) is 0 Å². The van der Waals surface area contributed by atoms with Crippen LogP contribution in [0.2, 0.25) is 0 Å². The van der Waals surface area contributed by atoms with Crippen LogP contribution in [0.15, 0.2) is 53.6 Å². The lowest BCUT2D eigenvalue weighted by atomic mass is 9.75. The second-order valence-corrected chi connectivity index (χ2v) is 4.63. The topological polar surface area (TPSA) is 74.6 Å². The van der Waals surface area contributed by atoms with Crippen molar-refractivity contribution in [3.8, 4) is 0 Å². The van der Waals surface area contributed by atoms with Crippen LogP contribution in [-0.2, 0) is 9.59 Å². The molecule has 0 aromatic heterocycles. The molecule has 0 saturated heterocycles. The molecule has 0 radical (unpaired) electrons. The average molecular weight is 276 g/mol. The van der Waals surface area contributed by atoms with Crippen LogP contribution in [0.5, 0.6) is 0 Å². The van der Waals surface area contributed by atoms with Crippen molar-refractivity contribution in [2.45, 2.75) is 18.5 Å². The number of hydrogen-bond donors (Lipinski definition) is 2. The number of aliphatic carboxylic acids is 2. The fraction of sp³-hybridized carbons (Fsp3) is 0.200. The van der Waals surface area contributed by atoms with Crippen molar-refractivity contribution >= 4 is 11.9 Å². The highest BCUT2D eigenvalue weighted by Gasteiger charge is 2.40. The predicted octanol–water partition coefficient (Wildman–Crippen LogP) is 2.53. The third-order valence-electron chi connectivity index (χ3n) is 3.37. The highest BCUT2D eigenvalue weighted by molar-refractivity contribution is 6.01. The van der Waals surface area contributed by atoms with Gasteiger partial charge in [0.25, 0.3) is 0 Å². The second kappa shape index (κ2) is 5.28. The van der Waals surface area contributed by atoms with Gasteiger partial charge < -0.3 is 10.2 Å². The Balaban J connectivity index is 2.66. The smallest absolute Gasteiger partial charge is 0.332 e. The van der Waals surface area contributed by atoms with Crippen LogP contribution in [0.4, 0.5) is 4.39 Å². The van der Waals surface area contributed by atoms with E-state index in [1.165, 1.54) is 0 Å². The normalized spacial score (nSPS) is 22.8. The molecule has 0 spiro atoms. The summed E-state index contributed by atoms with van der Waals surface area (Å²) in [6, 6.07) is 8.19. The first-order valence-corrected chi connectivity index (χ1v) is 5.99. The van der Waals surface area contributed by atoms with Crippen molar-refractivity contribution in [1.29, 1.82) is 0 Å². The van der Waals surface area contributed by atoms with E-state index in [0.717, 1.165) is 0 Å². The summed E-state index contributed by atoms with van der Waals surface area (Å²) < 4.78 is 14.4. The Hall–Kier alpha value is -2.43. The molecule has 0 heterocycles. The second-order valence-electron chi connectivity index (χ2n) is 4.63. The number of carboxylic acid groups (broad SMARTS) is 2. The summed E-state index contributed by atoms with van der Waals surface area (Å²) in [5, 5.41) is 18.4. The van der Waals surface area contributed by atoms with E-state index >= 15 is 0 Å². The first kappa shape index (κ1) is 14.0. The molecule has 0 fully saturated rings. The number of alkyl halides is 1. The van der Waals surface area contributed by atoms with E-state index in [9.17, 15) is 19.1 Å². The minimum Gasteiger partial charge on any atom is -0.478 e. The van der Waals surface area contributed by atoms with Gasteiger partial charge in [-0.1, -0.05) is 36.9 Å². The van der Waals surface area contributed by atoms with Crippen LogP contribution in [0, 0.1) is 0 Å². The fourth-order valence-corrected chi connectivity index (χ4v) is 2.44. The molecule has 20 heavy (non-hydrogen) atoms. The molecule has 2 N–H and O–H groups in total. The van der Waals surface area contributed by atoms with Gasteiger partial charge in [-0.05, 0) is 11.1 Å². The standard InChI is InChI=1S/C15H13FO4/c1-8-7-10(14(17)18)12(15(19)20)11(13(8)16)9-5-3-2-4-6-9/h2-6,11,13H,1,7H2,(H,17,18)(H,19,20)/t11-,13-/m1/s1. The molecule has 0 unspecified atom stereocenters. The maximum Gasteiger partial charge on any atom is 0.332 e. The molecule has 1 aromatic carbocycles. The van der Waals surface area contributed by atoms with Crippen molar-refractivity contribution in [3.05, 3.63) is 59.2 Å². The number of carboxylic acids is 2. The summed E-state index contributed by atoms with van der Waals surface area (Å²) in [7, 11) is 0. The molecule has 0 aliphatic heterocycles. The van der Waals surface area contributed by atoms with E-state index in [2.05, 4.69) is 6.58 Å². The van der Waals surface area contributed by atoms with Gasteiger partial charge in [-0.15, -0.1) is 0 Å². The molecule has 5 heteroatoms. The molecule has 1 aliphatic carbocycles. The molecule has 0 saturated carbocycles. The van der Waals surface area contributed by atoms with E-state index in [0.29, 0.717) is 5.56 Å². The first-order chi connectivity index (χ1) is 9.43. The lowest BCUT2D eigenvalue weighted by Gasteiger charge is -2.30. The number of allylic oxidation sites excluding steroid dienone is 1. The predicted molar refractivity (Wildman–Crippen MR) is 70.1 cm³/mol. The van der Waals surface area contributed by atoms with E-state index in [4.69, 9.17) is 5.11 Å². The molecule has 4 nitrogen and oxygen atoms in total. The van der Waals surface area contributed by atoms with Gasteiger partial charge in [0.15, 0.2) is 0 Å². The molecule has 1 aromatic rings. The van der Waals surface area contributed by atoms with Gasteiger partial charge in [0.1, 0.15) is 6.17 Å². The van der Waals surface area contributed by atoms with Gasteiger partial charge >= 0.3 is 11.9 Å². The van der Waals surface area contributed by atoms with Gasteiger partial charge in [0, 0.05) is 6.42 Å². The Morgan fingerprint density at radius 3 is 2.25 bits per heavy atom. The zero-order valence-electron chi connectivity index (χ0n) is 10.5. The minimum atomic E-state index is -1.61. The van der Waals surface area contributed by atoms with Crippen LogP contribution < -0.4 is 0 Å². The fourth-order valence-electron chi connectivity index (χ4n) is 2.44. The van der Waals surface area contributed by atoms with Crippen LogP contribution in [0.3, 0.4) is 0 Å². The van der Waals surface area contributed by atoms with Crippen LogP contribution in [0.1, 0.15) is 17.9 Å². The molecule has 2 atom stereocenters. The number of hydrogen-bond acceptors (Lipinski definition) is 2. The average Bonchev–Trinajstić information content (AvgIpc) is 2.41. The highest BCUT2D eigenvalue weighted by atomic mass is 19.1. The summed E-state index contributed by atoms with van der Waals surface area (Å²) in [6.45, 7) is 3.53. The van der Waals surface area contributed by atoms with E-state index < -0.39 is 29.6 Å². The third kappa shape index (κ3) is 2.34. The van der Waals surface area contributed by atoms with Gasteiger partial charge in [0.2, 0.25) is 0 Å². The molecule has 0 amide bonds. The molecule has 1 aliphatic rings. The van der Waals surface area contributed by atoms with E-state index in [1.807, 2.05) is 0 Å². The maximum atomic E-state index is 14.4. The van der Waals surface area contributed by atoms with Gasteiger partial charge in [-0.3, -0.25) is 0 Å².